The van der Waals surface area contributed by atoms with Gasteiger partial charge in [-0.2, -0.15) is 0 Å². The van der Waals surface area contributed by atoms with E-state index in [0.717, 1.165) is 31.7 Å². The number of methoxy groups -OCH3 is 1. The van der Waals surface area contributed by atoms with E-state index < -0.39 is 11.8 Å². The first-order valence-corrected chi connectivity index (χ1v) is 7.38. The third-order valence-corrected chi connectivity index (χ3v) is 4.10. The number of hydrogen-bond acceptors (Lipinski definition) is 4. The van der Waals surface area contributed by atoms with Gasteiger partial charge >= 0.3 is 5.97 Å². The molecule has 21 heavy (non-hydrogen) atoms. The molecule has 5 heteroatoms. The predicted octanol–water partition coefficient (Wildman–Crippen LogP) is 2.14. The Bertz CT molecular complexity index is 507. The third kappa shape index (κ3) is 3.80. The molecule has 2 rings (SSSR count). The third-order valence-electron chi connectivity index (χ3n) is 4.10. The van der Waals surface area contributed by atoms with Crippen LogP contribution in [0.3, 0.4) is 0 Å². The van der Waals surface area contributed by atoms with E-state index in [0.29, 0.717) is 12.6 Å². The van der Waals surface area contributed by atoms with E-state index in [4.69, 9.17) is 0 Å². The number of likely N-dealkylation sites (N-methyl/N-ethyl adjacent to an activating group) is 1. The molecule has 116 valence electrons. The van der Waals surface area contributed by atoms with Crippen LogP contribution in [0, 0.1) is 5.82 Å². The first-order valence-electron chi connectivity index (χ1n) is 7.38. The normalized spacial score (nSPS) is 20.5. The summed E-state index contributed by atoms with van der Waals surface area (Å²) in [6.07, 6.45) is 0. The van der Waals surface area contributed by atoms with Crippen molar-refractivity contribution in [1.29, 1.82) is 0 Å². The molecule has 1 saturated heterocycles. The number of ether oxygens (including phenoxy) is 1. The van der Waals surface area contributed by atoms with Gasteiger partial charge in [0.15, 0.2) is 0 Å². The molecule has 0 aliphatic carbocycles. The SMILES string of the molecule is CCN1CCN(Cc2ccc(C(=O)OC)c(F)c2)CC1C. The van der Waals surface area contributed by atoms with Crippen molar-refractivity contribution in [3.8, 4) is 0 Å². The highest BCUT2D eigenvalue weighted by Crippen LogP contribution is 2.16. The molecule has 1 fully saturated rings. The lowest BCUT2D eigenvalue weighted by molar-refractivity contribution is 0.0595. The molecule has 0 radical (unpaired) electrons. The molecular formula is C16H23FN2O2. The van der Waals surface area contributed by atoms with Crippen LogP contribution in [0.25, 0.3) is 0 Å². The summed E-state index contributed by atoms with van der Waals surface area (Å²) in [7, 11) is 1.25. The van der Waals surface area contributed by atoms with Crippen LogP contribution in [0.15, 0.2) is 18.2 Å². The molecule has 1 unspecified atom stereocenters. The van der Waals surface area contributed by atoms with Gasteiger partial charge in [-0.1, -0.05) is 13.0 Å². The predicted molar refractivity (Wildman–Crippen MR) is 79.7 cm³/mol. The van der Waals surface area contributed by atoms with Crippen LogP contribution in [0.4, 0.5) is 4.39 Å². The van der Waals surface area contributed by atoms with E-state index >= 15 is 0 Å². The Morgan fingerprint density at radius 2 is 2.19 bits per heavy atom. The Balaban J connectivity index is 2.01. The number of halogens is 1. The number of rotatable bonds is 4. The summed E-state index contributed by atoms with van der Waals surface area (Å²) in [5.41, 5.74) is 0.878. The lowest BCUT2D eigenvalue weighted by atomic mass is 10.1. The van der Waals surface area contributed by atoms with Gasteiger partial charge in [0.1, 0.15) is 5.82 Å². The standard InChI is InChI=1S/C16H23FN2O2/c1-4-19-8-7-18(10-12(19)2)11-13-5-6-14(15(17)9-13)16(20)21-3/h5-6,9,12H,4,7-8,10-11H2,1-3H3. The van der Waals surface area contributed by atoms with Gasteiger partial charge in [0.05, 0.1) is 12.7 Å². The molecule has 1 atom stereocenters. The van der Waals surface area contributed by atoms with Crippen molar-refractivity contribution in [3.05, 3.63) is 35.1 Å². The Labute approximate surface area is 125 Å². The zero-order chi connectivity index (χ0) is 15.4. The molecular weight excluding hydrogens is 271 g/mol. The van der Waals surface area contributed by atoms with Crippen molar-refractivity contribution in [2.45, 2.75) is 26.4 Å². The molecule has 0 bridgehead atoms. The van der Waals surface area contributed by atoms with Crippen molar-refractivity contribution in [1.82, 2.24) is 9.80 Å². The van der Waals surface area contributed by atoms with E-state index in [-0.39, 0.29) is 5.56 Å². The quantitative estimate of drug-likeness (QED) is 0.797. The number of benzene rings is 1. The second-order valence-corrected chi connectivity index (χ2v) is 5.52. The van der Waals surface area contributed by atoms with Gasteiger partial charge in [0, 0.05) is 32.2 Å². The lowest BCUT2D eigenvalue weighted by Gasteiger charge is -2.39. The maximum absolute atomic E-state index is 13.9. The Kier molecular flexibility index (Phi) is 5.31. The summed E-state index contributed by atoms with van der Waals surface area (Å²) in [5, 5.41) is 0. The highest BCUT2D eigenvalue weighted by atomic mass is 19.1. The summed E-state index contributed by atoms with van der Waals surface area (Å²) in [6.45, 7) is 9.18. The first-order chi connectivity index (χ1) is 10.0. The van der Waals surface area contributed by atoms with Gasteiger partial charge in [-0.05, 0) is 31.2 Å². The summed E-state index contributed by atoms with van der Waals surface area (Å²) in [5.74, 6) is -1.15. The molecule has 4 nitrogen and oxygen atoms in total. The fourth-order valence-electron chi connectivity index (χ4n) is 2.87. The van der Waals surface area contributed by atoms with E-state index in [1.54, 1.807) is 6.07 Å². The largest absolute Gasteiger partial charge is 0.465 e. The van der Waals surface area contributed by atoms with Crippen molar-refractivity contribution < 1.29 is 13.9 Å². The van der Waals surface area contributed by atoms with Gasteiger partial charge in [-0.25, -0.2) is 9.18 Å². The van der Waals surface area contributed by atoms with Crippen LogP contribution in [0.2, 0.25) is 0 Å². The van der Waals surface area contributed by atoms with Gasteiger partial charge in [0.2, 0.25) is 0 Å². The molecule has 1 aromatic rings. The highest BCUT2D eigenvalue weighted by molar-refractivity contribution is 5.89. The number of carbonyl (C=O) groups excluding carboxylic acids is 1. The number of piperazine rings is 1. The van der Waals surface area contributed by atoms with Crippen LogP contribution in [0.1, 0.15) is 29.8 Å². The molecule has 0 amide bonds. The lowest BCUT2D eigenvalue weighted by Crippen LogP contribution is -2.51. The molecule has 0 saturated carbocycles. The van der Waals surface area contributed by atoms with E-state index in [1.807, 2.05) is 0 Å². The number of nitrogens with zero attached hydrogens (tertiary/aromatic N) is 2. The maximum atomic E-state index is 13.9. The Hall–Kier alpha value is -1.46. The van der Waals surface area contributed by atoms with E-state index in [2.05, 4.69) is 28.4 Å². The molecule has 1 heterocycles. The monoisotopic (exact) mass is 294 g/mol. The molecule has 0 N–H and O–H groups in total. The van der Waals surface area contributed by atoms with Crippen molar-refractivity contribution >= 4 is 5.97 Å². The number of esters is 1. The molecule has 0 aromatic heterocycles. The topological polar surface area (TPSA) is 32.8 Å². The first kappa shape index (κ1) is 15.9. The van der Waals surface area contributed by atoms with Crippen molar-refractivity contribution in [2.75, 3.05) is 33.3 Å². The summed E-state index contributed by atoms with van der Waals surface area (Å²) in [4.78, 5) is 16.1. The van der Waals surface area contributed by atoms with Gasteiger partial charge in [0.25, 0.3) is 0 Å². The second-order valence-electron chi connectivity index (χ2n) is 5.52. The smallest absolute Gasteiger partial charge is 0.340 e. The van der Waals surface area contributed by atoms with Gasteiger partial charge in [-0.15, -0.1) is 0 Å². The number of carbonyl (C=O) groups is 1. The zero-order valence-corrected chi connectivity index (χ0v) is 12.9. The summed E-state index contributed by atoms with van der Waals surface area (Å²) < 4.78 is 18.5. The molecule has 0 spiro atoms. The molecule has 1 aliphatic rings. The van der Waals surface area contributed by atoms with E-state index in [1.165, 1.54) is 19.2 Å². The zero-order valence-electron chi connectivity index (χ0n) is 12.9. The fraction of sp³-hybridized carbons (Fsp3) is 0.562. The van der Waals surface area contributed by atoms with Gasteiger partial charge < -0.3 is 4.74 Å². The van der Waals surface area contributed by atoms with Crippen LogP contribution >= 0.6 is 0 Å². The van der Waals surface area contributed by atoms with Gasteiger partial charge in [-0.3, -0.25) is 9.80 Å². The Morgan fingerprint density at radius 1 is 1.43 bits per heavy atom. The van der Waals surface area contributed by atoms with E-state index in [9.17, 15) is 9.18 Å². The average molecular weight is 294 g/mol. The average Bonchev–Trinajstić information content (AvgIpc) is 2.47. The molecule has 1 aromatic carbocycles. The Morgan fingerprint density at radius 3 is 2.76 bits per heavy atom. The van der Waals surface area contributed by atoms with Crippen LogP contribution in [-0.2, 0) is 11.3 Å². The minimum Gasteiger partial charge on any atom is -0.465 e. The van der Waals surface area contributed by atoms with Crippen LogP contribution in [-0.4, -0.2) is 55.1 Å². The number of hydrogen-bond donors (Lipinski definition) is 0. The minimum atomic E-state index is -0.635. The fourth-order valence-corrected chi connectivity index (χ4v) is 2.87. The maximum Gasteiger partial charge on any atom is 0.340 e. The molecule has 1 aliphatic heterocycles. The van der Waals surface area contributed by atoms with Crippen molar-refractivity contribution in [2.24, 2.45) is 0 Å². The minimum absolute atomic E-state index is 0.00887. The van der Waals surface area contributed by atoms with Crippen LogP contribution in [0.5, 0.6) is 0 Å². The summed E-state index contributed by atoms with van der Waals surface area (Å²) in [6, 6.07) is 5.25. The summed E-state index contributed by atoms with van der Waals surface area (Å²) >= 11 is 0. The van der Waals surface area contributed by atoms with Crippen LogP contribution < -0.4 is 0 Å². The second kappa shape index (κ2) is 7.00. The highest BCUT2D eigenvalue weighted by Gasteiger charge is 2.22. The van der Waals surface area contributed by atoms with Crippen molar-refractivity contribution in [3.63, 3.8) is 0 Å².